The predicted octanol–water partition coefficient (Wildman–Crippen LogP) is 0.642. The number of amides is 5. The molecule has 0 radical (unpaired) electrons. The van der Waals surface area contributed by atoms with Gasteiger partial charge in [-0.1, -0.05) is 26.0 Å². The molecule has 0 aliphatic carbocycles. The maximum Gasteiger partial charge on any atom is 0.312 e. The van der Waals surface area contributed by atoms with Gasteiger partial charge < -0.3 is 16.0 Å². The van der Waals surface area contributed by atoms with Crippen LogP contribution in [-0.4, -0.2) is 34.7 Å². The number of nitrogens with two attached hydrogens (primary N) is 1. The van der Waals surface area contributed by atoms with Gasteiger partial charge in [0.1, 0.15) is 6.04 Å². The van der Waals surface area contributed by atoms with Gasteiger partial charge in [0.2, 0.25) is 11.8 Å². The minimum absolute atomic E-state index is 0.219. The zero-order valence-corrected chi connectivity index (χ0v) is 14.3. The Labute approximate surface area is 145 Å². The van der Waals surface area contributed by atoms with E-state index in [4.69, 9.17) is 5.73 Å². The molecule has 0 spiro atoms. The van der Waals surface area contributed by atoms with Crippen molar-refractivity contribution in [2.45, 2.75) is 45.8 Å². The van der Waals surface area contributed by atoms with Crippen molar-refractivity contribution in [2.24, 2.45) is 5.73 Å². The van der Waals surface area contributed by atoms with E-state index in [9.17, 15) is 19.2 Å². The number of nitrogens with zero attached hydrogens (tertiary/aromatic N) is 1. The molecule has 0 saturated carbocycles. The summed E-state index contributed by atoms with van der Waals surface area (Å²) in [6, 6.07) is 3.99. The van der Waals surface area contributed by atoms with Gasteiger partial charge in [-0.2, -0.15) is 0 Å². The summed E-state index contributed by atoms with van der Waals surface area (Å²) < 4.78 is 0. The monoisotopic (exact) mass is 346 g/mol. The molecule has 8 heteroatoms. The maximum absolute atomic E-state index is 12.5. The van der Waals surface area contributed by atoms with Crippen LogP contribution in [0.1, 0.15) is 48.2 Å². The molecule has 2 aliphatic heterocycles. The summed E-state index contributed by atoms with van der Waals surface area (Å²) in [6.07, 6.45) is 0.560. The van der Waals surface area contributed by atoms with Crippen LogP contribution in [0, 0.1) is 0 Å². The molecule has 1 aromatic carbocycles. The van der Waals surface area contributed by atoms with Crippen molar-refractivity contribution in [2.75, 3.05) is 0 Å². The summed E-state index contributed by atoms with van der Waals surface area (Å²) in [5.74, 6) is -0.961. The van der Waals surface area contributed by atoms with Crippen molar-refractivity contribution < 1.29 is 19.2 Å². The van der Waals surface area contributed by atoms with Gasteiger partial charge in [-0.05, 0) is 23.6 Å². The van der Waals surface area contributed by atoms with Crippen molar-refractivity contribution in [3.63, 3.8) is 0 Å². The largest absolute Gasteiger partial charge is 0.352 e. The van der Waals surface area contributed by atoms with Crippen LogP contribution in [-0.2, 0) is 22.7 Å². The molecule has 1 atom stereocenters. The Kier molecular flexibility index (Phi) is 5.74. The Morgan fingerprint density at radius 3 is 2.68 bits per heavy atom. The SMILES string of the molecule is CC.NC(=O)NCc1ccc2c(c1)CN(C1CCC(=O)NC1=O)C2=O. The first-order valence-corrected chi connectivity index (χ1v) is 8.25. The lowest BCUT2D eigenvalue weighted by Crippen LogP contribution is -2.52. The zero-order valence-electron chi connectivity index (χ0n) is 14.3. The number of carbonyl (C=O) groups is 4. The Bertz CT molecular complexity index is 717. The normalized spacial score (nSPS) is 18.9. The lowest BCUT2D eigenvalue weighted by Gasteiger charge is -2.29. The summed E-state index contributed by atoms with van der Waals surface area (Å²) >= 11 is 0. The first kappa shape index (κ1) is 18.4. The van der Waals surface area contributed by atoms with E-state index in [2.05, 4.69) is 10.6 Å². The van der Waals surface area contributed by atoms with Crippen LogP contribution in [0.2, 0.25) is 0 Å². The molecule has 1 fully saturated rings. The average Bonchev–Trinajstić information content (AvgIpc) is 2.91. The zero-order chi connectivity index (χ0) is 18.6. The van der Waals surface area contributed by atoms with Crippen LogP contribution in [0.25, 0.3) is 0 Å². The fourth-order valence-electron chi connectivity index (χ4n) is 2.93. The quantitative estimate of drug-likeness (QED) is 0.695. The smallest absolute Gasteiger partial charge is 0.312 e. The Hall–Kier alpha value is -2.90. The van der Waals surface area contributed by atoms with Crippen molar-refractivity contribution in [1.29, 1.82) is 0 Å². The highest BCUT2D eigenvalue weighted by Crippen LogP contribution is 2.28. The second-order valence-electron chi connectivity index (χ2n) is 5.61. The number of carbonyl (C=O) groups excluding carboxylic acids is 4. The van der Waals surface area contributed by atoms with Crippen molar-refractivity contribution in [3.05, 3.63) is 34.9 Å². The molecule has 8 nitrogen and oxygen atoms in total. The highest BCUT2D eigenvalue weighted by atomic mass is 16.2. The number of benzene rings is 1. The van der Waals surface area contributed by atoms with E-state index in [1.807, 2.05) is 19.9 Å². The highest BCUT2D eigenvalue weighted by molar-refractivity contribution is 6.05. The lowest BCUT2D eigenvalue weighted by atomic mass is 10.0. The molecule has 0 bridgehead atoms. The number of hydrogen-bond acceptors (Lipinski definition) is 4. The van der Waals surface area contributed by atoms with Gasteiger partial charge in [0.15, 0.2) is 0 Å². The summed E-state index contributed by atoms with van der Waals surface area (Å²) in [6.45, 7) is 4.58. The van der Waals surface area contributed by atoms with Crippen molar-refractivity contribution in [3.8, 4) is 0 Å². The van der Waals surface area contributed by atoms with Crippen LogP contribution in [0.3, 0.4) is 0 Å². The number of imide groups is 1. The number of hydrogen-bond donors (Lipinski definition) is 3. The molecule has 4 N–H and O–H groups in total. The maximum atomic E-state index is 12.5. The molecule has 0 aromatic heterocycles. The molecule has 25 heavy (non-hydrogen) atoms. The predicted molar refractivity (Wildman–Crippen MR) is 90.3 cm³/mol. The fraction of sp³-hybridized carbons (Fsp3) is 0.412. The molecule has 134 valence electrons. The minimum Gasteiger partial charge on any atom is -0.352 e. The molecule has 3 rings (SSSR count). The van der Waals surface area contributed by atoms with Crippen LogP contribution in [0.15, 0.2) is 18.2 Å². The van der Waals surface area contributed by atoms with E-state index in [0.29, 0.717) is 18.5 Å². The third-order valence-electron chi connectivity index (χ3n) is 4.05. The topological polar surface area (TPSA) is 122 Å². The fourth-order valence-corrected chi connectivity index (χ4v) is 2.93. The summed E-state index contributed by atoms with van der Waals surface area (Å²) in [4.78, 5) is 47.9. The molecule has 1 saturated heterocycles. The number of primary amides is 1. The van der Waals surface area contributed by atoms with Gasteiger partial charge in [0.25, 0.3) is 5.91 Å². The number of piperidine rings is 1. The van der Waals surface area contributed by atoms with Crippen LogP contribution < -0.4 is 16.4 Å². The molecule has 5 amide bonds. The van der Waals surface area contributed by atoms with E-state index in [-0.39, 0.29) is 24.8 Å². The van der Waals surface area contributed by atoms with Crippen LogP contribution >= 0.6 is 0 Å². The van der Waals surface area contributed by atoms with E-state index in [1.165, 1.54) is 4.90 Å². The third kappa shape index (κ3) is 3.96. The summed E-state index contributed by atoms with van der Waals surface area (Å²) in [5, 5.41) is 4.75. The van der Waals surface area contributed by atoms with Crippen molar-refractivity contribution >= 4 is 23.8 Å². The van der Waals surface area contributed by atoms with E-state index in [0.717, 1.165) is 11.1 Å². The van der Waals surface area contributed by atoms with Crippen LogP contribution in [0.4, 0.5) is 4.79 Å². The molecule has 1 aromatic rings. The first-order chi connectivity index (χ1) is 12.0. The third-order valence-corrected chi connectivity index (χ3v) is 4.05. The van der Waals surface area contributed by atoms with Gasteiger partial charge in [-0.15, -0.1) is 0 Å². The minimum atomic E-state index is -0.625. The molecule has 1 unspecified atom stereocenters. The second kappa shape index (κ2) is 7.78. The van der Waals surface area contributed by atoms with Gasteiger partial charge in [0.05, 0.1) is 0 Å². The number of nitrogens with one attached hydrogen (secondary N) is 2. The summed E-state index contributed by atoms with van der Waals surface area (Å²) in [5.41, 5.74) is 7.19. The number of fused-ring (bicyclic) bond motifs is 1. The van der Waals surface area contributed by atoms with Crippen molar-refractivity contribution in [1.82, 2.24) is 15.5 Å². The number of urea groups is 1. The van der Waals surface area contributed by atoms with E-state index < -0.39 is 18.0 Å². The number of rotatable bonds is 3. The Morgan fingerprint density at radius 1 is 1.32 bits per heavy atom. The van der Waals surface area contributed by atoms with E-state index in [1.54, 1.807) is 12.1 Å². The van der Waals surface area contributed by atoms with E-state index >= 15 is 0 Å². The summed E-state index contributed by atoms with van der Waals surface area (Å²) in [7, 11) is 0. The molecular formula is C17H22N4O4. The molecular weight excluding hydrogens is 324 g/mol. The molecule has 2 aliphatic rings. The molecule has 2 heterocycles. The Morgan fingerprint density at radius 2 is 2.04 bits per heavy atom. The van der Waals surface area contributed by atoms with Gasteiger partial charge in [-0.3, -0.25) is 19.7 Å². The van der Waals surface area contributed by atoms with Crippen LogP contribution in [0.5, 0.6) is 0 Å². The Balaban J connectivity index is 0.00000109. The highest BCUT2D eigenvalue weighted by Gasteiger charge is 2.38. The standard InChI is InChI=1S/C15H16N4O4.C2H6/c16-15(23)17-6-8-1-2-10-9(5-8)7-19(14(10)22)11-3-4-12(20)18-13(11)21;1-2/h1-2,5,11H,3-4,6-7H2,(H3,16,17,23)(H,18,20,21);1-2H3. The van der Waals surface area contributed by atoms with Gasteiger partial charge in [0, 0.05) is 25.1 Å². The average molecular weight is 346 g/mol. The van der Waals surface area contributed by atoms with Gasteiger partial charge in [-0.25, -0.2) is 4.79 Å². The van der Waals surface area contributed by atoms with Gasteiger partial charge >= 0.3 is 6.03 Å². The lowest BCUT2D eigenvalue weighted by molar-refractivity contribution is -0.136. The first-order valence-electron chi connectivity index (χ1n) is 8.25. The second-order valence-corrected chi connectivity index (χ2v) is 5.61.